The number of fused-ring (bicyclic) bond motifs is 1. The van der Waals surface area contributed by atoms with Crippen LogP contribution in [0.1, 0.15) is 30.6 Å². The zero-order valence-corrected chi connectivity index (χ0v) is 12.8. The molecule has 1 amide bonds. The fourth-order valence-electron chi connectivity index (χ4n) is 2.03. The molecule has 2 N–H and O–H groups in total. The van der Waals surface area contributed by atoms with Gasteiger partial charge in [0.15, 0.2) is 0 Å². The molecular formula is C16H16N2O5. The molecule has 0 saturated carbocycles. The number of hydrogen-bond donors (Lipinski definition) is 2. The minimum absolute atomic E-state index is 0.0111. The van der Waals surface area contributed by atoms with E-state index in [0.717, 1.165) is 6.20 Å². The van der Waals surface area contributed by atoms with Crippen molar-refractivity contribution in [2.45, 2.75) is 20.3 Å². The molecule has 2 rings (SSSR count). The molecule has 0 bridgehead atoms. The fourth-order valence-corrected chi connectivity index (χ4v) is 2.03. The Morgan fingerprint density at radius 1 is 1.22 bits per heavy atom. The standard InChI is InChI=1S/C16H16N2O5/c1-3-13(20)18-9-5-6-12(19)14-10(7-9)15(21)11(8-17-14)16(22)23-4-2/h5-8H,3-4H2,1-2H3,(H,17,21)(H,18,20). The first-order chi connectivity index (χ1) is 11.0. The quantitative estimate of drug-likeness (QED) is 0.830. The van der Waals surface area contributed by atoms with Crippen LogP contribution in [0.15, 0.2) is 34.0 Å². The molecule has 1 aromatic carbocycles. The molecule has 23 heavy (non-hydrogen) atoms. The molecule has 0 unspecified atom stereocenters. The van der Waals surface area contributed by atoms with Crippen LogP contribution in [0.2, 0.25) is 0 Å². The molecule has 0 atom stereocenters. The van der Waals surface area contributed by atoms with Crippen molar-refractivity contribution >= 4 is 28.5 Å². The van der Waals surface area contributed by atoms with Crippen LogP contribution in [0.4, 0.5) is 5.69 Å². The average molecular weight is 316 g/mol. The van der Waals surface area contributed by atoms with Gasteiger partial charge in [-0.25, -0.2) is 4.79 Å². The third-order valence-electron chi connectivity index (χ3n) is 3.18. The van der Waals surface area contributed by atoms with Crippen LogP contribution in [0.3, 0.4) is 0 Å². The minimum atomic E-state index is -0.770. The van der Waals surface area contributed by atoms with E-state index < -0.39 is 16.8 Å². The molecule has 120 valence electrons. The van der Waals surface area contributed by atoms with Crippen LogP contribution < -0.4 is 16.2 Å². The lowest BCUT2D eigenvalue weighted by Crippen LogP contribution is -2.19. The largest absolute Gasteiger partial charge is 0.462 e. The summed E-state index contributed by atoms with van der Waals surface area (Å²) in [4.78, 5) is 50.5. The molecule has 0 aliphatic carbocycles. The van der Waals surface area contributed by atoms with Gasteiger partial charge in [-0.3, -0.25) is 14.4 Å². The molecular weight excluding hydrogens is 300 g/mol. The molecule has 2 aromatic rings. The summed E-state index contributed by atoms with van der Waals surface area (Å²) < 4.78 is 4.82. The number of anilines is 1. The first-order valence-corrected chi connectivity index (χ1v) is 7.14. The third kappa shape index (κ3) is 3.45. The van der Waals surface area contributed by atoms with Gasteiger partial charge in [-0.1, -0.05) is 6.92 Å². The zero-order chi connectivity index (χ0) is 17.0. The van der Waals surface area contributed by atoms with Crippen LogP contribution in [0.25, 0.3) is 10.9 Å². The lowest BCUT2D eigenvalue weighted by molar-refractivity contribution is -0.115. The maximum Gasteiger partial charge on any atom is 0.343 e. The van der Waals surface area contributed by atoms with E-state index in [1.54, 1.807) is 13.8 Å². The molecule has 1 heterocycles. The van der Waals surface area contributed by atoms with Gasteiger partial charge in [0.25, 0.3) is 0 Å². The topological polar surface area (TPSA) is 105 Å². The maximum atomic E-state index is 12.5. The Bertz CT molecular complexity index is 886. The molecule has 0 spiro atoms. The predicted octanol–water partition coefficient (Wildman–Crippen LogP) is 1.41. The Morgan fingerprint density at radius 2 is 1.96 bits per heavy atom. The fraction of sp³-hybridized carbons (Fsp3) is 0.250. The molecule has 0 fully saturated rings. The van der Waals surface area contributed by atoms with Crippen molar-refractivity contribution in [1.82, 2.24) is 4.98 Å². The van der Waals surface area contributed by atoms with Gasteiger partial charge < -0.3 is 15.0 Å². The van der Waals surface area contributed by atoms with Crippen molar-refractivity contribution in [1.29, 1.82) is 0 Å². The summed E-state index contributed by atoms with van der Waals surface area (Å²) >= 11 is 0. The van der Waals surface area contributed by atoms with E-state index >= 15 is 0 Å². The molecule has 0 radical (unpaired) electrons. The summed E-state index contributed by atoms with van der Waals surface area (Å²) in [7, 11) is 0. The number of aromatic amines is 1. The zero-order valence-electron chi connectivity index (χ0n) is 12.8. The van der Waals surface area contributed by atoms with E-state index in [0.29, 0.717) is 5.69 Å². The van der Waals surface area contributed by atoms with Crippen molar-refractivity contribution < 1.29 is 14.3 Å². The van der Waals surface area contributed by atoms with E-state index in [4.69, 9.17) is 4.74 Å². The number of amides is 1. The van der Waals surface area contributed by atoms with Gasteiger partial charge in [-0.15, -0.1) is 0 Å². The molecule has 0 saturated heterocycles. The summed E-state index contributed by atoms with van der Waals surface area (Å²) in [6.45, 7) is 3.44. The summed E-state index contributed by atoms with van der Waals surface area (Å²) in [6, 6.07) is 4.02. The molecule has 0 aliphatic heterocycles. The lowest BCUT2D eigenvalue weighted by atomic mass is 10.2. The summed E-state index contributed by atoms with van der Waals surface area (Å²) in [6.07, 6.45) is 1.42. The first-order valence-electron chi connectivity index (χ1n) is 7.14. The van der Waals surface area contributed by atoms with Crippen molar-refractivity contribution in [3.63, 3.8) is 0 Å². The van der Waals surface area contributed by atoms with E-state index in [2.05, 4.69) is 10.3 Å². The van der Waals surface area contributed by atoms with E-state index in [-0.39, 0.29) is 35.4 Å². The van der Waals surface area contributed by atoms with Crippen molar-refractivity contribution in [3.8, 4) is 0 Å². The molecule has 1 aromatic heterocycles. The molecule has 0 aliphatic rings. The maximum absolute atomic E-state index is 12.5. The van der Waals surface area contributed by atoms with Gasteiger partial charge in [0.1, 0.15) is 5.56 Å². The van der Waals surface area contributed by atoms with Crippen LogP contribution in [-0.4, -0.2) is 23.5 Å². The first kappa shape index (κ1) is 16.4. The monoisotopic (exact) mass is 316 g/mol. The summed E-state index contributed by atoms with van der Waals surface area (Å²) in [5.74, 6) is -1.02. The Balaban J connectivity index is 2.71. The van der Waals surface area contributed by atoms with Gasteiger partial charge in [0.05, 0.1) is 17.5 Å². The van der Waals surface area contributed by atoms with E-state index in [1.807, 2.05) is 0 Å². The van der Waals surface area contributed by atoms with Crippen LogP contribution >= 0.6 is 0 Å². The Morgan fingerprint density at radius 3 is 2.61 bits per heavy atom. The second kappa shape index (κ2) is 6.87. The number of rotatable bonds is 4. The number of carbonyl (C=O) groups is 2. The van der Waals surface area contributed by atoms with Gasteiger partial charge in [-0.2, -0.15) is 0 Å². The van der Waals surface area contributed by atoms with Crippen LogP contribution in [-0.2, 0) is 9.53 Å². The summed E-state index contributed by atoms with van der Waals surface area (Å²) in [5.41, 5.74) is -0.893. The Hall–Kier alpha value is -2.96. The number of nitrogens with one attached hydrogen (secondary N) is 2. The highest BCUT2D eigenvalue weighted by Crippen LogP contribution is 2.11. The highest BCUT2D eigenvalue weighted by Gasteiger charge is 2.15. The van der Waals surface area contributed by atoms with Gasteiger partial charge in [-0.05, 0) is 25.1 Å². The SMILES string of the molecule is CCOC(=O)c1c[nH]c2c(=O)ccc(NC(=O)CC)cc2c1=O. The third-order valence-corrected chi connectivity index (χ3v) is 3.18. The number of esters is 1. The smallest absolute Gasteiger partial charge is 0.343 e. The van der Waals surface area contributed by atoms with Crippen LogP contribution in [0, 0.1) is 0 Å². The number of ether oxygens (including phenoxy) is 1. The molecule has 7 heteroatoms. The summed E-state index contributed by atoms with van der Waals surface area (Å²) in [5, 5.41) is 2.60. The molecule has 7 nitrogen and oxygen atoms in total. The van der Waals surface area contributed by atoms with E-state index in [9.17, 15) is 19.2 Å². The second-order valence-electron chi connectivity index (χ2n) is 4.74. The lowest BCUT2D eigenvalue weighted by Gasteiger charge is -2.02. The number of hydrogen-bond acceptors (Lipinski definition) is 5. The highest BCUT2D eigenvalue weighted by molar-refractivity contribution is 5.95. The number of pyridine rings is 1. The number of H-pyrrole nitrogens is 1. The Kier molecular flexibility index (Phi) is 4.90. The highest BCUT2D eigenvalue weighted by atomic mass is 16.5. The number of aromatic nitrogens is 1. The van der Waals surface area contributed by atoms with Crippen molar-refractivity contribution in [2.75, 3.05) is 11.9 Å². The van der Waals surface area contributed by atoms with Gasteiger partial charge >= 0.3 is 5.97 Å². The Labute approximate surface area is 131 Å². The minimum Gasteiger partial charge on any atom is -0.462 e. The normalized spacial score (nSPS) is 10.3. The predicted molar refractivity (Wildman–Crippen MR) is 85.7 cm³/mol. The van der Waals surface area contributed by atoms with Crippen molar-refractivity contribution in [2.24, 2.45) is 0 Å². The van der Waals surface area contributed by atoms with E-state index in [1.165, 1.54) is 18.2 Å². The van der Waals surface area contributed by atoms with Crippen LogP contribution in [0.5, 0.6) is 0 Å². The van der Waals surface area contributed by atoms with Gasteiger partial charge in [0, 0.05) is 18.3 Å². The average Bonchev–Trinajstić information content (AvgIpc) is 2.68. The van der Waals surface area contributed by atoms with Gasteiger partial charge in [0.2, 0.25) is 16.8 Å². The van der Waals surface area contributed by atoms with Crippen molar-refractivity contribution in [3.05, 3.63) is 50.4 Å². The second-order valence-corrected chi connectivity index (χ2v) is 4.74. The number of carbonyl (C=O) groups excluding carboxylic acids is 2.